The first-order valence-electron chi connectivity index (χ1n) is 13.9. The molecule has 204 valence electrons. The maximum absolute atomic E-state index is 14.2. The highest BCUT2D eigenvalue weighted by Crippen LogP contribution is 2.41. The minimum absolute atomic E-state index is 0.101. The average molecular weight is 545 g/mol. The summed E-state index contributed by atoms with van der Waals surface area (Å²) in [5, 5.41) is 0.151. The van der Waals surface area contributed by atoms with Crippen molar-refractivity contribution in [1.82, 2.24) is 0 Å². The number of carbonyl (C=O) groups is 2. The molecule has 0 spiro atoms. The molecule has 0 bridgehead atoms. The Bertz CT molecular complexity index is 1260. The molecule has 0 saturated carbocycles. The predicted molar refractivity (Wildman–Crippen MR) is 170 cm³/mol. The SMILES string of the molecule is C#C/C=C(\CC)c1cccc(CCc2ccc(C(=O)[Si](C)(C)C(C)(C)C)c(C(=O)[Si](C)(C)C(C)(C)C)c2)c1. The lowest BCUT2D eigenvalue weighted by molar-refractivity contribution is 0.103. The van der Waals surface area contributed by atoms with E-state index < -0.39 is 16.1 Å². The van der Waals surface area contributed by atoms with Gasteiger partial charge in [0, 0.05) is 11.1 Å². The van der Waals surface area contributed by atoms with E-state index in [0.29, 0.717) is 11.1 Å². The molecule has 38 heavy (non-hydrogen) atoms. The summed E-state index contributed by atoms with van der Waals surface area (Å²) in [5.41, 5.74) is 5.92. The minimum atomic E-state index is -2.37. The van der Waals surface area contributed by atoms with Crippen LogP contribution in [-0.2, 0) is 12.8 Å². The fourth-order valence-corrected chi connectivity index (χ4v) is 7.33. The quantitative estimate of drug-likeness (QED) is 0.233. The Morgan fingerprint density at radius 1 is 0.789 bits per heavy atom. The zero-order valence-electron chi connectivity index (χ0n) is 25.6. The number of terminal acetylenes is 1. The van der Waals surface area contributed by atoms with Crippen molar-refractivity contribution in [3.05, 3.63) is 76.4 Å². The molecule has 4 heteroatoms. The summed E-state index contributed by atoms with van der Waals surface area (Å²) in [6.07, 6.45) is 9.90. The van der Waals surface area contributed by atoms with Gasteiger partial charge in [0.15, 0.2) is 0 Å². The van der Waals surface area contributed by atoms with Crippen LogP contribution in [0.5, 0.6) is 0 Å². The summed E-state index contributed by atoms with van der Waals surface area (Å²) < 4.78 is 0. The number of rotatable bonds is 9. The van der Waals surface area contributed by atoms with Crippen molar-refractivity contribution in [2.24, 2.45) is 0 Å². The Balaban J connectivity index is 2.53. The molecule has 0 amide bonds. The topological polar surface area (TPSA) is 34.1 Å². The van der Waals surface area contributed by atoms with Gasteiger partial charge in [0.1, 0.15) is 27.0 Å². The fourth-order valence-electron chi connectivity index (χ4n) is 4.19. The Labute approximate surface area is 234 Å². The van der Waals surface area contributed by atoms with Gasteiger partial charge in [-0.1, -0.05) is 117 Å². The Morgan fingerprint density at radius 2 is 1.29 bits per heavy atom. The van der Waals surface area contributed by atoms with Gasteiger partial charge in [-0.25, -0.2) is 0 Å². The third-order valence-corrected chi connectivity index (χ3v) is 19.4. The Morgan fingerprint density at radius 3 is 1.76 bits per heavy atom. The zero-order valence-corrected chi connectivity index (χ0v) is 27.6. The molecule has 2 rings (SSSR count). The van der Waals surface area contributed by atoms with E-state index in [1.165, 1.54) is 5.56 Å². The molecule has 0 fully saturated rings. The van der Waals surface area contributed by atoms with Crippen molar-refractivity contribution < 1.29 is 9.59 Å². The molecular weight excluding hydrogens is 497 g/mol. The van der Waals surface area contributed by atoms with Gasteiger partial charge in [0.2, 0.25) is 0 Å². The van der Waals surface area contributed by atoms with Crippen LogP contribution in [-0.4, -0.2) is 27.0 Å². The van der Waals surface area contributed by atoms with Gasteiger partial charge in [0.05, 0.1) is 0 Å². The van der Waals surface area contributed by atoms with Gasteiger partial charge < -0.3 is 9.59 Å². The summed E-state index contributed by atoms with van der Waals surface area (Å²) in [7, 11) is -4.71. The van der Waals surface area contributed by atoms with Crippen LogP contribution < -0.4 is 0 Å². The van der Waals surface area contributed by atoms with E-state index in [9.17, 15) is 9.59 Å². The highest BCUT2D eigenvalue weighted by atomic mass is 28.3. The molecule has 0 N–H and O–H groups in total. The third-order valence-electron chi connectivity index (χ3n) is 9.10. The molecule has 0 aliphatic heterocycles. The van der Waals surface area contributed by atoms with E-state index in [0.717, 1.165) is 36.0 Å². The highest BCUT2D eigenvalue weighted by Gasteiger charge is 2.47. The summed E-state index contributed by atoms with van der Waals surface area (Å²) in [4.78, 5) is 28.2. The maximum Gasteiger partial charge on any atom is 0.141 e. The summed E-state index contributed by atoms with van der Waals surface area (Å²) in [5.74, 6) is 2.65. The number of hydrogen-bond acceptors (Lipinski definition) is 2. The Hall–Kier alpha value is -2.49. The number of allylic oxidation sites excluding steroid dienone is 2. The first-order chi connectivity index (χ1) is 17.4. The molecule has 0 heterocycles. The van der Waals surface area contributed by atoms with Gasteiger partial charge in [-0.3, -0.25) is 0 Å². The van der Waals surface area contributed by atoms with Crippen molar-refractivity contribution in [3.8, 4) is 12.3 Å². The highest BCUT2D eigenvalue weighted by molar-refractivity contribution is 7.10. The molecule has 2 aromatic rings. The second kappa shape index (κ2) is 11.7. The van der Waals surface area contributed by atoms with E-state index in [1.54, 1.807) is 0 Å². The van der Waals surface area contributed by atoms with Crippen molar-refractivity contribution >= 4 is 32.5 Å². The van der Waals surface area contributed by atoms with Gasteiger partial charge in [0.25, 0.3) is 0 Å². The average Bonchev–Trinajstić information content (AvgIpc) is 2.83. The smallest absolute Gasteiger partial charge is 0.141 e. The normalized spacial score (nSPS) is 13.3. The van der Waals surface area contributed by atoms with E-state index in [4.69, 9.17) is 6.42 Å². The van der Waals surface area contributed by atoms with E-state index >= 15 is 0 Å². The van der Waals surface area contributed by atoms with E-state index in [-0.39, 0.29) is 20.9 Å². The van der Waals surface area contributed by atoms with Gasteiger partial charge >= 0.3 is 0 Å². The molecule has 2 nitrogen and oxygen atoms in total. The molecule has 2 aromatic carbocycles. The second-order valence-corrected chi connectivity index (χ2v) is 24.1. The van der Waals surface area contributed by atoms with Crippen LogP contribution in [0.2, 0.25) is 36.3 Å². The van der Waals surface area contributed by atoms with Gasteiger partial charge in [-0.05, 0) is 63.7 Å². The summed E-state index contributed by atoms with van der Waals surface area (Å²) in [6, 6.07) is 14.6. The summed E-state index contributed by atoms with van der Waals surface area (Å²) >= 11 is 0. The number of hydrogen-bond donors (Lipinski definition) is 0. The molecule has 0 aliphatic carbocycles. The van der Waals surface area contributed by atoms with Crippen LogP contribution in [0.3, 0.4) is 0 Å². The molecule has 0 saturated heterocycles. The fraction of sp³-hybridized carbons (Fsp3) is 0.471. The lowest BCUT2D eigenvalue weighted by Crippen LogP contribution is -2.49. The Kier molecular flexibility index (Phi) is 9.79. The lowest BCUT2D eigenvalue weighted by atomic mass is 9.96. The maximum atomic E-state index is 14.2. The van der Waals surface area contributed by atoms with Gasteiger partial charge in [-0.2, -0.15) is 0 Å². The van der Waals surface area contributed by atoms with Crippen LogP contribution in [0.4, 0.5) is 0 Å². The zero-order chi connectivity index (χ0) is 29.1. The minimum Gasteiger partial charge on any atom is -0.300 e. The van der Waals surface area contributed by atoms with Crippen molar-refractivity contribution in [2.75, 3.05) is 0 Å². The van der Waals surface area contributed by atoms with Crippen molar-refractivity contribution in [2.45, 2.75) is 104 Å². The van der Waals surface area contributed by atoms with Gasteiger partial charge in [-0.15, -0.1) is 6.42 Å². The number of benzene rings is 2. The largest absolute Gasteiger partial charge is 0.300 e. The van der Waals surface area contributed by atoms with Crippen LogP contribution in [0.25, 0.3) is 5.57 Å². The number of carbonyl (C=O) groups excluding carboxylic acids is 2. The molecule has 0 radical (unpaired) electrons. The van der Waals surface area contributed by atoms with Crippen LogP contribution in [0, 0.1) is 12.3 Å². The monoisotopic (exact) mass is 544 g/mol. The summed E-state index contributed by atoms with van der Waals surface area (Å²) in [6.45, 7) is 23.6. The van der Waals surface area contributed by atoms with Crippen molar-refractivity contribution in [1.29, 1.82) is 0 Å². The van der Waals surface area contributed by atoms with Crippen LogP contribution in [0.1, 0.15) is 92.3 Å². The van der Waals surface area contributed by atoms with E-state index in [2.05, 4.69) is 111 Å². The van der Waals surface area contributed by atoms with Crippen LogP contribution >= 0.6 is 0 Å². The molecule has 0 aliphatic rings. The second-order valence-electron chi connectivity index (χ2n) is 13.7. The predicted octanol–water partition coefficient (Wildman–Crippen LogP) is 9.36. The van der Waals surface area contributed by atoms with Crippen LogP contribution in [0.15, 0.2) is 48.5 Å². The first kappa shape index (κ1) is 31.7. The van der Waals surface area contributed by atoms with Crippen molar-refractivity contribution in [3.63, 3.8) is 0 Å². The molecule has 0 atom stereocenters. The third kappa shape index (κ3) is 6.74. The first-order valence-corrected chi connectivity index (χ1v) is 19.9. The van der Waals surface area contributed by atoms with E-state index in [1.807, 2.05) is 18.2 Å². The molecule has 0 aromatic heterocycles. The molecular formula is C34H48O2Si2. The lowest BCUT2D eigenvalue weighted by Gasteiger charge is -2.37. The number of aryl methyl sites for hydroxylation is 2. The molecule has 0 unspecified atom stereocenters. The standard InChI is InChI=1S/C34H48O2Si2/c1-13-16-27(14-2)28-18-15-17-25(23-28)19-20-26-21-22-29(31(35)37(9,10)33(3,4)5)30(24-26)32(36)38(11,12)34(6,7)8/h1,15-18,21-24H,14,19-20H2,2-12H3/b27-16+.